The molecule has 0 saturated heterocycles. The van der Waals surface area contributed by atoms with Crippen LogP contribution >= 0.6 is 0 Å². The van der Waals surface area contributed by atoms with Crippen LogP contribution < -0.4 is 10.6 Å². The Labute approximate surface area is 100 Å². The summed E-state index contributed by atoms with van der Waals surface area (Å²) >= 11 is 0. The van der Waals surface area contributed by atoms with Crippen LogP contribution in [0.2, 0.25) is 0 Å². The van der Waals surface area contributed by atoms with Crippen LogP contribution in [-0.2, 0) is 6.54 Å². The molecule has 0 radical (unpaired) electrons. The van der Waals surface area contributed by atoms with E-state index in [-0.39, 0.29) is 0 Å². The van der Waals surface area contributed by atoms with Gasteiger partial charge in [0.15, 0.2) is 0 Å². The summed E-state index contributed by atoms with van der Waals surface area (Å²) in [7, 11) is 1.85. The Morgan fingerprint density at radius 2 is 2.12 bits per heavy atom. The van der Waals surface area contributed by atoms with E-state index in [0.29, 0.717) is 0 Å². The summed E-state index contributed by atoms with van der Waals surface area (Å²) in [6, 6.07) is 1.91. The number of hydrogen-bond donors (Lipinski definition) is 2. The van der Waals surface area contributed by atoms with Crippen molar-refractivity contribution in [1.29, 1.82) is 0 Å². The molecule has 0 bridgehead atoms. The molecule has 2 heterocycles. The maximum Gasteiger partial charge on any atom is 0.134 e. The van der Waals surface area contributed by atoms with Gasteiger partial charge in [-0.05, 0) is 13.0 Å². The highest BCUT2D eigenvalue weighted by Crippen LogP contribution is 2.16. The highest BCUT2D eigenvalue weighted by molar-refractivity contribution is 5.55. The molecule has 0 atom stereocenters. The van der Waals surface area contributed by atoms with Crippen molar-refractivity contribution in [3.8, 4) is 0 Å². The molecule has 0 aromatic carbocycles. The second-order valence-electron chi connectivity index (χ2n) is 3.64. The van der Waals surface area contributed by atoms with Gasteiger partial charge >= 0.3 is 0 Å². The highest BCUT2D eigenvalue weighted by Gasteiger charge is 2.04. The Balaban J connectivity index is 1.95. The van der Waals surface area contributed by atoms with Crippen LogP contribution in [0.3, 0.4) is 0 Å². The molecule has 6 heteroatoms. The first-order chi connectivity index (χ1) is 8.31. The summed E-state index contributed by atoms with van der Waals surface area (Å²) in [6.45, 7) is 3.58. The zero-order valence-electron chi connectivity index (χ0n) is 10.0. The summed E-state index contributed by atoms with van der Waals surface area (Å²) in [6.07, 6.45) is 5.26. The topological polar surface area (TPSA) is 67.7 Å². The first-order valence-electron chi connectivity index (χ1n) is 5.52. The second-order valence-corrected chi connectivity index (χ2v) is 3.64. The van der Waals surface area contributed by atoms with Crippen molar-refractivity contribution in [1.82, 2.24) is 19.7 Å². The number of anilines is 2. The molecule has 2 aromatic heterocycles. The van der Waals surface area contributed by atoms with E-state index in [0.717, 1.165) is 30.3 Å². The average molecular weight is 232 g/mol. The Hall–Kier alpha value is -2.11. The molecule has 2 rings (SSSR count). The van der Waals surface area contributed by atoms with Crippen LogP contribution in [0.1, 0.15) is 5.56 Å². The number of nitrogens with one attached hydrogen (secondary N) is 2. The molecule has 0 fully saturated rings. The van der Waals surface area contributed by atoms with Gasteiger partial charge in [-0.1, -0.05) is 0 Å². The van der Waals surface area contributed by atoms with Gasteiger partial charge in [0.25, 0.3) is 0 Å². The first kappa shape index (κ1) is 11.4. The zero-order valence-corrected chi connectivity index (χ0v) is 10.0. The first-order valence-corrected chi connectivity index (χ1v) is 5.52. The number of rotatable bonds is 5. The lowest BCUT2D eigenvalue weighted by molar-refractivity contribution is 0.637. The highest BCUT2D eigenvalue weighted by atomic mass is 15.3. The van der Waals surface area contributed by atoms with Crippen LogP contribution in [0, 0.1) is 6.92 Å². The number of hydrogen-bond acceptors (Lipinski definition) is 5. The fourth-order valence-electron chi connectivity index (χ4n) is 1.60. The Morgan fingerprint density at radius 3 is 2.82 bits per heavy atom. The molecule has 6 nitrogen and oxygen atoms in total. The smallest absolute Gasteiger partial charge is 0.134 e. The van der Waals surface area contributed by atoms with Crippen LogP contribution in [0.5, 0.6) is 0 Å². The van der Waals surface area contributed by atoms with E-state index in [1.165, 1.54) is 0 Å². The second kappa shape index (κ2) is 5.29. The monoisotopic (exact) mass is 232 g/mol. The van der Waals surface area contributed by atoms with E-state index in [1.807, 2.05) is 30.9 Å². The zero-order chi connectivity index (χ0) is 12.1. The van der Waals surface area contributed by atoms with Gasteiger partial charge in [-0.3, -0.25) is 4.68 Å². The normalized spacial score (nSPS) is 10.2. The maximum atomic E-state index is 4.21. The summed E-state index contributed by atoms with van der Waals surface area (Å²) in [4.78, 5) is 8.35. The van der Waals surface area contributed by atoms with E-state index in [2.05, 4.69) is 25.7 Å². The van der Waals surface area contributed by atoms with E-state index >= 15 is 0 Å². The molecule has 0 amide bonds. The molecule has 0 spiro atoms. The van der Waals surface area contributed by atoms with Crippen molar-refractivity contribution in [2.75, 3.05) is 24.2 Å². The van der Waals surface area contributed by atoms with Crippen molar-refractivity contribution >= 4 is 11.6 Å². The van der Waals surface area contributed by atoms with Gasteiger partial charge in [0.1, 0.15) is 18.0 Å². The minimum absolute atomic E-state index is 0.780. The van der Waals surface area contributed by atoms with Gasteiger partial charge in [0.05, 0.1) is 6.54 Å². The summed E-state index contributed by atoms with van der Waals surface area (Å²) in [5.74, 6) is 1.71. The fourth-order valence-corrected chi connectivity index (χ4v) is 1.60. The molecule has 0 unspecified atom stereocenters. The molecule has 17 heavy (non-hydrogen) atoms. The number of nitrogens with zero attached hydrogens (tertiary/aromatic N) is 4. The third-order valence-electron chi connectivity index (χ3n) is 2.51. The quantitative estimate of drug-likeness (QED) is 0.809. The van der Waals surface area contributed by atoms with Gasteiger partial charge < -0.3 is 10.6 Å². The molecule has 0 saturated carbocycles. The third kappa shape index (κ3) is 2.72. The summed E-state index contributed by atoms with van der Waals surface area (Å²) in [5, 5.41) is 10.4. The minimum Gasteiger partial charge on any atom is -0.373 e. The van der Waals surface area contributed by atoms with Crippen LogP contribution in [-0.4, -0.2) is 33.3 Å². The Morgan fingerprint density at radius 1 is 1.29 bits per heavy atom. The molecule has 2 aromatic rings. The largest absolute Gasteiger partial charge is 0.373 e. The Bertz CT molecular complexity index is 465. The minimum atomic E-state index is 0.780. The lowest BCUT2D eigenvalue weighted by Gasteiger charge is -2.10. The lowest BCUT2D eigenvalue weighted by atomic mass is 10.3. The SMILES string of the molecule is CNc1ncnc(NCCn2cccn2)c1C. The molecule has 2 N–H and O–H groups in total. The fraction of sp³-hybridized carbons (Fsp3) is 0.364. The van der Waals surface area contributed by atoms with Crippen molar-refractivity contribution < 1.29 is 0 Å². The van der Waals surface area contributed by atoms with Crippen molar-refractivity contribution in [2.24, 2.45) is 0 Å². The lowest BCUT2D eigenvalue weighted by Crippen LogP contribution is -2.13. The van der Waals surface area contributed by atoms with Crippen molar-refractivity contribution in [2.45, 2.75) is 13.5 Å². The van der Waals surface area contributed by atoms with Crippen LogP contribution in [0.4, 0.5) is 11.6 Å². The molecule has 90 valence electrons. The molecule has 0 aliphatic rings. The van der Waals surface area contributed by atoms with E-state index in [9.17, 15) is 0 Å². The van der Waals surface area contributed by atoms with Crippen LogP contribution in [0.25, 0.3) is 0 Å². The van der Waals surface area contributed by atoms with Gasteiger partial charge in [0.2, 0.25) is 0 Å². The van der Waals surface area contributed by atoms with Gasteiger partial charge in [-0.25, -0.2) is 9.97 Å². The van der Waals surface area contributed by atoms with Gasteiger partial charge in [-0.15, -0.1) is 0 Å². The van der Waals surface area contributed by atoms with Crippen LogP contribution in [0.15, 0.2) is 24.8 Å². The van der Waals surface area contributed by atoms with Gasteiger partial charge in [-0.2, -0.15) is 5.10 Å². The standard InChI is InChI=1S/C11H16N6/c1-9-10(12-2)14-8-15-11(9)13-5-7-17-6-3-4-16-17/h3-4,6,8H,5,7H2,1-2H3,(H2,12,13,14,15). The summed E-state index contributed by atoms with van der Waals surface area (Å²) < 4.78 is 1.88. The van der Waals surface area contributed by atoms with Crippen molar-refractivity contribution in [3.63, 3.8) is 0 Å². The number of aromatic nitrogens is 4. The predicted molar refractivity (Wildman–Crippen MR) is 67.0 cm³/mol. The third-order valence-corrected chi connectivity index (χ3v) is 2.51. The molecule has 0 aliphatic heterocycles. The molecule has 0 aliphatic carbocycles. The molecular weight excluding hydrogens is 216 g/mol. The maximum absolute atomic E-state index is 4.21. The average Bonchev–Trinajstić information content (AvgIpc) is 2.84. The van der Waals surface area contributed by atoms with E-state index in [4.69, 9.17) is 0 Å². The Kier molecular flexibility index (Phi) is 3.54. The van der Waals surface area contributed by atoms with Crippen molar-refractivity contribution in [3.05, 3.63) is 30.4 Å². The summed E-state index contributed by atoms with van der Waals surface area (Å²) in [5.41, 5.74) is 1.02. The van der Waals surface area contributed by atoms with E-state index in [1.54, 1.807) is 12.5 Å². The molecular formula is C11H16N6. The van der Waals surface area contributed by atoms with Gasteiger partial charge in [0, 0.05) is 31.5 Å². The van der Waals surface area contributed by atoms with E-state index < -0.39 is 0 Å². The predicted octanol–water partition coefficient (Wildman–Crippen LogP) is 1.14.